The third kappa shape index (κ3) is 10.4. The predicted octanol–water partition coefficient (Wildman–Crippen LogP) is 4.87. The van der Waals surface area contributed by atoms with Gasteiger partial charge in [-0.2, -0.15) is 0 Å². The van der Waals surface area contributed by atoms with Crippen molar-refractivity contribution in [1.82, 2.24) is 5.32 Å². The lowest BCUT2D eigenvalue weighted by atomic mass is 10.1. The Morgan fingerprint density at radius 2 is 1.26 bits per heavy atom. The molecule has 0 bridgehead atoms. The number of benzene rings is 2. The van der Waals surface area contributed by atoms with Crippen molar-refractivity contribution in [2.24, 2.45) is 0 Å². The number of amides is 1. The highest BCUT2D eigenvalue weighted by atomic mass is 16.6. The molecule has 9 nitrogen and oxygen atoms in total. The fourth-order valence-corrected chi connectivity index (χ4v) is 3.16. The maximum Gasteiger partial charge on any atom is 0.407 e. The molecule has 38 heavy (non-hydrogen) atoms. The quantitative estimate of drug-likeness (QED) is 0.224. The second kappa shape index (κ2) is 14.5. The summed E-state index contributed by atoms with van der Waals surface area (Å²) < 4.78 is 26.7. The zero-order chi connectivity index (χ0) is 28.1. The van der Waals surface area contributed by atoms with E-state index < -0.39 is 11.7 Å². The van der Waals surface area contributed by atoms with Crippen LogP contribution in [0.3, 0.4) is 0 Å². The maximum atomic E-state index is 12.3. The smallest absolute Gasteiger partial charge is 0.407 e. The molecular formula is C29H35NO8. The minimum Gasteiger partial charge on any atom is -0.493 e. The standard InChI is InChI=1S/C29H35NO8/c1-29(2,3)38-28(33)30-15-16-37-25-14-10-21(18-27(25)36-6)8-12-23(32)19-22(31)11-7-20-9-13-24(34-4)26(17-20)35-5/h7-14,17-18H,15-16,19H2,1-6H3,(H,30,33). The summed E-state index contributed by atoms with van der Waals surface area (Å²) in [6, 6.07) is 10.4. The Balaban J connectivity index is 1.88. The molecule has 0 spiro atoms. The van der Waals surface area contributed by atoms with E-state index in [0.717, 1.165) is 5.56 Å². The van der Waals surface area contributed by atoms with E-state index in [9.17, 15) is 14.4 Å². The fraction of sp³-hybridized carbons (Fsp3) is 0.345. The molecule has 2 rings (SSSR count). The lowest BCUT2D eigenvalue weighted by Gasteiger charge is -2.19. The number of ether oxygens (including phenoxy) is 5. The van der Waals surface area contributed by atoms with Gasteiger partial charge in [-0.15, -0.1) is 0 Å². The van der Waals surface area contributed by atoms with Gasteiger partial charge in [-0.25, -0.2) is 4.79 Å². The van der Waals surface area contributed by atoms with Crippen LogP contribution in [0.2, 0.25) is 0 Å². The van der Waals surface area contributed by atoms with Crippen molar-refractivity contribution in [1.29, 1.82) is 0 Å². The van der Waals surface area contributed by atoms with Crippen LogP contribution in [0.15, 0.2) is 48.6 Å². The van der Waals surface area contributed by atoms with Crippen molar-refractivity contribution in [3.8, 4) is 23.0 Å². The number of hydrogen-bond donors (Lipinski definition) is 1. The second-order valence-corrected chi connectivity index (χ2v) is 9.08. The van der Waals surface area contributed by atoms with Gasteiger partial charge in [0.2, 0.25) is 0 Å². The lowest BCUT2D eigenvalue weighted by Crippen LogP contribution is -2.34. The van der Waals surface area contributed by atoms with E-state index in [1.165, 1.54) is 26.4 Å². The number of allylic oxidation sites excluding steroid dienone is 2. The van der Waals surface area contributed by atoms with Gasteiger partial charge in [0.15, 0.2) is 34.6 Å². The van der Waals surface area contributed by atoms with Gasteiger partial charge in [0.1, 0.15) is 12.2 Å². The number of nitrogens with one attached hydrogen (secondary N) is 1. The lowest BCUT2D eigenvalue weighted by molar-refractivity contribution is -0.121. The molecule has 0 aliphatic heterocycles. The third-order valence-electron chi connectivity index (χ3n) is 4.89. The summed E-state index contributed by atoms with van der Waals surface area (Å²) in [5.74, 6) is 1.42. The zero-order valence-electron chi connectivity index (χ0n) is 22.7. The highest BCUT2D eigenvalue weighted by molar-refractivity contribution is 6.10. The summed E-state index contributed by atoms with van der Waals surface area (Å²) in [5, 5.41) is 2.62. The van der Waals surface area contributed by atoms with Gasteiger partial charge in [0.25, 0.3) is 0 Å². The van der Waals surface area contributed by atoms with Gasteiger partial charge in [0.05, 0.1) is 34.3 Å². The minimum atomic E-state index is -0.575. The Hall–Kier alpha value is -4.27. The van der Waals surface area contributed by atoms with Gasteiger partial charge < -0.3 is 29.0 Å². The normalized spacial score (nSPS) is 11.3. The van der Waals surface area contributed by atoms with E-state index in [1.807, 2.05) is 0 Å². The first kappa shape index (κ1) is 30.0. The highest BCUT2D eigenvalue weighted by Crippen LogP contribution is 2.29. The number of alkyl carbamates (subject to hydrolysis) is 1. The van der Waals surface area contributed by atoms with Crippen molar-refractivity contribution in [2.45, 2.75) is 32.8 Å². The second-order valence-electron chi connectivity index (χ2n) is 9.08. The van der Waals surface area contributed by atoms with Crippen LogP contribution < -0.4 is 24.3 Å². The van der Waals surface area contributed by atoms with Crippen LogP contribution in [0.25, 0.3) is 12.2 Å². The van der Waals surface area contributed by atoms with Crippen LogP contribution in [0.4, 0.5) is 4.79 Å². The van der Waals surface area contributed by atoms with Gasteiger partial charge in [-0.05, 0) is 68.3 Å². The van der Waals surface area contributed by atoms with Crippen molar-refractivity contribution >= 4 is 29.8 Å². The zero-order valence-corrected chi connectivity index (χ0v) is 22.7. The number of ketones is 2. The molecule has 0 aliphatic carbocycles. The first-order valence-electron chi connectivity index (χ1n) is 12.0. The topological polar surface area (TPSA) is 109 Å². The molecule has 0 heterocycles. The highest BCUT2D eigenvalue weighted by Gasteiger charge is 2.15. The molecule has 2 aromatic carbocycles. The average molecular weight is 526 g/mol. The van der Waals surface area contributed by atoms with Crippen LogP contribution in [-0.4, -0.2) is 57.7 Å². The largest absolute Gasteiger partial charge is 0.493 e. The molecule has 9 heteroatoms. The molecule has 0 aromatic heterocycles. The maximum absolute atomic E-state index is 12.3. The van der Waals surface area contributed by atoms with E-state index in [0.29, 0.717) is 28.6 Å². The average Bonchev–Trinajstić information content (AvgIpc) is 2.87. The third-order valence-corrected chi connectivity index (χ3v) is 4.89. The van der Waals surface area contributed by atoms with Gasteiger partial charge in [0, 0.05) is 0 Å². The first-order chi connectivity index (χ1) is 18.0. The van der Waals surface area contributed by atoms with E-state index in [4.69, 9.17) is 23.7 Å². The van der Waals surface area contributed by atoms with E-state index in [1.54, 1.807) is 76.4 Å². The molecule has 204 valence electrons. The molecule has 1 amide bonds. The van der Waals surface area contributed by atoms with Gasteiger partial charge in [-0.1, -0.05) is 24.3 Å². The van der Waals surface area contributed by atoms with Crippen molar-refractivity contribution < 1.29 is 38.1 Å². The molecule has 0 radical (unpaired) electrons. The summed E-state index contributed by atoms with van der Waals surface area (Å²) in [4.78, 5) is 36.2. The van der Waals surface area contributed by atoms with Crippen molar-refractivity contribution in [3.63, 3.8) is 0 Å². The first-order valence-corrected chi connectivity index (χ1v) is 12.0. The molecule has 0 saturated carbocycles. The summed E-state index contributed by atoms with van der Waals surface area (Å²) in [6.07, 6.45) is 5.15. The number of carbonyl (C=O) groups is 3. The summed E-state index contributed by atoms with van der Waals surface area (Å²) in [6.45, 7) is 5.82. The van der Waals surface area contributed by atoms with Crippen LogP contribution in [0, 0.1) is 0 Å². The summed E-state index contributed by atoms with van der Waals surface area (Å²) in [7, 11) is 4.58. The van der Waals surface area contributed by atoms with Crippen LogP contribution in [0.5, 0.6) is 23.0 Å². The van der Waals surface area contributed by atoms with E-state index in [2.05, 4.69) is 5.32 Å². The van der Waals surface area contributed by atoms with Crippen molar-refractivity contribution in [3.05, 3.63) is 59.7 Å². The monoisotopic (exact) mass is 525 g/mol. The van der Waals surface area contributed by atoms with Crippen LogP contribution in [0.1, 0.15) is 38.3 Å². The Bertz CT molecular complexity index is 1180. The van der Waals surface area contributed by atoms with Crippen LogP contribution in [-0.2, 0) is 14.3 Å². The number of rotatable bonds is 13. The Labute approximate surface area is 223 Å². The Kier molecular flexibility index (Phi) is 11.4. The number of carbonyl (C=O) groups excluding carboxylic acids is 3. The molecular weight excluding hydrogens is 490 g/mol. The molecule has 1 N–H and O–H groups in total. The summed E-state index contributed by atoms with van der Waals surface area (Å²) in [5.41, 5.74) is 0.867. The van der Waals surface area contributed by atoms with Crippen LogP contribution >= 0.6 is 0 Å². The number of methoxy groups -OCH3 is 3. The summed E-state index contributed by atoms with van der Waals surface area (Å²) >= 11 is 0. The molecule has 0 saturated heterocycles. The Morgan fingerprint density at radius 3 is 1.76 bits per heavy atom. The van der Waals surface area contributed by atoms with Gasteiger partial charge >= 0.3 is 6.09 Å². The molecule has 0 unspecified atom stereocenters. The Morgan fingerprint density at radius 1 is 0.763 bits per heavy atom. The molecule has 0 fully saturated rings. The minimum absolute atomic E-state index is 0.211. The van der Waals surface area contributed by atoms with Gasteiger partial charge in [-0.3, -0.25) is 9.59 Å². The van der Waals surface area contributed by atoms with Crippen molar-refractivity contribution in [2.75, 3.05) is 34.5 Å². The fourth-order valence-electron chi connectivity index (χ4n) is 3.16. The molecule has 0 atom stereocenters. The SMILES string of the molecule is COc1ccc(C=CC(=O)CC(=O)C=Cc2ccc(OCCNC(=O)OC(C)(C)C)c(OC)c2)cc1OC. The van der Waals surface area contributed by atoms with E-state index in [-0.39, 0.29) is 31.1 Å². The molecule has 0 aliphatic rings. The predicted molar refractivity (Wildman–Crippen MR) is 145 cm³/mol. The number of hydrogen-bond acceptors (Lipinski definition) is 8. The van der Waals surface area contributed by atoms with E-state index >= 15 is 0 Å². The molecule has 2 aromatic rings.